The van der Waals surface area contributed by atoms with Crippen LogP contribution in [0.3, 0.4) is 0 Å². The molecule has 0 radical (unpaired) electrons. The first kappa shape index (κ1) is 16.3. The molecule has 1 unspecified atom stereocenters. The van der Waals surface area contributed by atoms with Gasteiger partial charge in [0.15, 0.2) is 5.78 Å². The molecule has 0 bridgehead atoms. The Morgan fingerprint density at radius 2 is 1.89 bits per heavy atom. The molecule has 1 fully saturated rings. The molecule has 27 heavy (non-hydrogen) atoms. The molecule has 1 atom stereocenters. The van der Waals surface area contributed by atoms with Crippen molar-refractivity contribution in [2.45, 2.75) is 29.3 Å². The maximum atomic E-state index is 13.5. The minimum Gasteiger partial charge on any atom is -0.360 e. The Labute approximate surface area is 160 Å². The largest absolute Gasteiger partial charge is 0.360 e. The van der Waals surface area contributed by atoms with Crippen LogP contribution < -0.4 is 0 Å². The molecule has 0 saturated heterocycles. The Hall–Kier alpha value is -2.93. The fourth-order valence-corrected chi connectivity index (χ4v) is 4.35. The van der Waals surface area contributed by atoms with Crippen molar-refractivity contribution in [3.8, 4) is 0 Å². The summed E-state index contributed by atoms with van der Waals surface area (Å²) in [6, 6.07) is 18.0. The molecule has 1 N–H and O–H groups in total. The number of nitrogens with zero attached hydrogens (tertiary/aromatic N) is 4. The van der Waals surface area contributed by atoms with Gasteiger partial charge in [0.1, 0.15) is 5.25 Å². The van der Waals surface area contributed by atoms with Gasteiger partial charge in [0.05, 0.1) is 6.04 Å². The smallest absolute Gasteiger partial charge is 0.210 e. The lowest BCUT2D eigenvalue weighted by Crippen LogP contribution is -2.11. The monoisotopic (exact) mass is 375 g/mol. The SMILES string of the molecule is O=C(c1c[nH]c2ccccc12)C(Sc1nnnn1C1CC1)c1ccccc1. The molecule has 0 aliphatic heterocycles. The number of para-hydroxylation sites is 1. The van der Waals surface area contributed by atoms with E-state index in [1.54, 1.807) is 6.20 Å². The van der Waals surface area contributed by atoms with Gasteiger partial charge >= 0.3 is 0 Å². The highest BCUT2D eigenvalue weighted by molar-refractivity contribution is 8.00. The molecule has 2 aromatic carbocycles. The van der Waals surface area contributed by atoms with Crippen LogP contribution >= 0.6 is 11.8 Å². The van der Waals surface area contributed by atoms with Crippen molar-refractivity contribution in [1.29, 1.82) is 0 Å². The molecule has 5 rings (SSSR count). The predicted molar refractivity (Wildman–Crippen MR) is 104 cm³/mol. The molecular weight excluding hydrogens is 358 g/mol. The van der Waals surface area contributed by atoms with Gasteiger partial charge in [-0.15, -0.1) is 5.10 Å². The van der Waals surface area contributed by atoms with Gasteiger partial charge in [-0.05, 0) is 34.9 Å². The summed E-state index contributed by atoms with van der Waals surface area (Å²) >= 11 is 1.42. The third-order valence-electron chi connectivity index (χ3n) is 4.77. The zero-order valence-corrected chi connectivity index (χ0v) is 15.3. The van der Waals surface area contributed by atoms with Crippen LogP contribution in [-0.2, 0) is 0 Å². The Balaban J connectivity index is 1.55. The minimum atomic E-state index is -0.408. The third-order valence-corrected chi connectivity index (χ3v) is 5.98. The number of H-pyrrole nitrogens is 1. The Kier molecular flexibility index (Phi) is 4.01. The van der Waals surface area contributed by atoms with Crippen molar-refractivity contribution in [1.82, 2.24) is 25.2 Å². The normalized spacial score (nSPS) is 15.1. The van der Waals surface area contributed by atoms with Gasteiger partial charge < -0.3 is 4.98 Å². The summed E-state index contributed by atoms with van der Waals surface area (Å²) in [5.74, 6) is 0.0500. The Morgan fingerprint density at radius 3 is 2.70 bits per heavy atom. The fourth-order valence-electron chi connectivity index (χ4n) is 3.23. The number of tetrazole rings is 1. The van der Waals surface area contributed by atoms with E-state index in [2.05, 4.69) is 20.5 Å². The lowest BCUT2D eigenvalue weighted by atomic mass is 10.0. The molecule has 2 heterocycles. The van der Waals surface area contributed by atoms with Crippen LogP contribution in [0.1, 0.15) is 40.1 Å². The Bertz CT molecular complexity index is 1100. The van der Waals surface area contributed by atoms with Crippen LogP contribution in [0.25, 0.3) is 10.9 Å². The molecule has 1 aliphatic carbocycles. The highest BCUT2D eigenvalue weighted by atomic mass is 32.2. The van der Waals surface area contributed by atoms with Gasteiger partial charge in [0, 0.05) is 22.7 Å². The number of hydrogen-bond donors (Lipinski definition) is 1. The van der Waals surface area contributed by atoms with Gasteiger partial charge in [0.25, 0.3) is 0 Å². The van der Waals surface area contributed by atoms with Crippen LogP contribution in [0.4, 0.5) is 0 Å². The van der Waals surface area contributed by atoms with Crippen LogP contribution in [0.15, 0.2) is 66.0 Å². The molecule has 0 spiro atoms. The molecule has 134 valence electrons. The first-order valence-electron chi connectivity index (χ1n) is 8.91. The van der Waals surface area contributed by atoms with Gasteiger partial charge in [-0.25, -0.2) is 4.68 Å². The lowest BCUT2D eigenvalue weighted by Gasteiger charge is -2.15. The van der Waals surface area contributed by atoms with Gasteiger partial charge in [0.2, 0.25) is 5.16 Å². The number of aromatic nitrogens is 5. The average Bonchev–Trinajstić information content (AvgIpc) is 3.29. The number of fused-ring (bicyclic) bond motifs is 1. The highest BCUT2D eigenvalue weighted by Crippen LogP contribution is 2.42. The second-order valence-electron chi connectivity index (χ2n) is 6.66. The second kappa shape index (κ2) is 6.66. The summed E-state index contributed by atoms with van der Waals surface area (Å²) in [7, 11) is 0. The molecular formula is C20H17N5OS. The first-order valence-corrected chi connectivity index (χ1v) is 9.79. The third kappa shape index (κ3) is 3.04. The number of ketones is 1. The summed E-state index contributed by atoms with van der Waals surface area (Å²) in [5, 5.41) is 13.3. The highest BCUT2D eigenvalue weighted by Gasteiger charge is 2.32. The standard InChI is InChI=1S/C20H17N5OS/c26-18(16-12-21-17-9-5-4-8-15(16)17)19(13-6-2-1-3-7-13)27-20-22-23-24-25(20)14-10-11-14/h1-9,12,14,19,21H,10-11H2. The maximum Gasteiger partial charge on any atom is 0.210 e. The summed E-state index contributed by atoms with van der Waals surface area (Å²) in [6.45, 7) is 0. The van der Waals surface area contributed by atoms with Crippen LogP contribution in [0.5, 0.6) is 0 Å². The molecule has 1 aliphatic rings. The van der Waals surface area contributed by atoms with Crippen molar-refractivity contribution >= 4 is 28.4 Å². The van der Waals surface area contributed by atoms with Crippen molar-refractivity contribution in [3.63, 3.8) is 0 Å². The number of benzene rings is 2. The summed E-state index contributed by atoms with van der Waals surface area (Å²) in [6.07, 6.45) is 3.98. The molecule has 0 amide bonds. The van der Waals surface area contributed by atoms with Crippen molar-refractivity contribution in [2.75, 3.05) is 0 Å². The molecule has 2 aromatic heterocycles. The minimum absolute atomic E-state index is 0.0500. The van der Waals surface area contributed by atoms with E-state index < -0.39 is 5.25 Å². The van der Waals surface area contributed by atoms with Crippen LogP contribution in [0, 0.1) is 0 Å². The summed E-state index contributed by atoms with van der Waals surface area (Å²) in [5.41, 5.74) is 2.60. The van der Waals surface area contributed by atoms with E-state index in [-0.39, 0.29) is 5.78 Å². The van der Waals surface area contributed by atoms with E-state index in [0.717, 1.165) is 29.3 Å². The Morgan fingerprint density at radius 1 is 1.11 bits per heavy atom. The summed E-state index contributed by atoms with van der Waals surface area (Å²) in [4.78, 5) is 16.7. The summed E-state index contributed by atoms with van der Waals surface area (Å²) < 4.78 is 1.85. The van der Waals surface area contributed by atoms with E-state index in [1.165, 1.54) is 11.8 Å². The van der Waals surface area contributed by atoms with E-state index in [1.807, 2.05) is 59.3 Å². The van der Waals surface area contributed by atoms with Gasteiger partial charge in [-0.2, -0.15) is 0 Å². The van der Waals surface area contributed by atoms with E-state index in [0.29, 0.717) is 16.8 Å². The van der Waals surface area contributed by atoms with E-state index >= 15 is 0 Å². The number of nitrogens with one attached hydrogen (secondary N) is 1. The van der Waals surface area contributed by atoms with Gasteiger partial charge in [-0.1, -0.05) is 60.3 Å². The van der Waals surface area contributed by atoms with Gasteiger partial charge in [-0.3, -0.25) is 4.79 Å². The zero-order chi connectivity index (χ0) is 18.2. The maximum absolute atomic E-state index is 13.5. The van der Waals surface area contributed by atoms with Crippen LogP contribution in [-0.4, -0.2) is 31.0 Å². The average molecular weight is 375 g/mol. The van der Waals surface area contributed by atoms with E-state index in [9.17, 15) is 4.79 Å². The number of thioether (sulfide) groups is 1. The second-order valence-corrected chi connectivity index (χ2v) is 7.73. The number of rotatable bonds is 6. The quantitative estimate of drug-likeness (QED) is 0.404. The number of carbonyl (C=O) groups excluding carboxylic acids is 1. The number of Topliss-reactive ketones (excluding diaryl/α,β-unsaturated/α-hetero) is 1. The molecule has 7 heteroatoms. The lowest BCUT2D eigenvalue weighted by molar-refractivity contribution is 0.0991. The first-order chi connectivity index (χ1) is 13.3. The predicted octanol–water partition coefficient (Wildman–Crippen LogP) is 4.21. The zero-order valence-electron chi connectivity index (χ0n) is 14.4. The van der Waals surface area contributed by atoms with E-state index in [4.69, 9.17) is 0 Å². The fraction of sp³-hybridized carbons (Fsp3) is 0.200. The molecule has 4 aromatic rings. The van der Waals surface area contributed by atoms with Crippen molar-refractivity contribution in [2.24, 2.45) is 0 Å². The number of hydrogen-bond acceptors (Lipinski definition) is 5. The number of aromatic amines is 1. The van der Waals surface area contributed by atoms with Crippen molar-refractivity contribution in [3.05, 3.63) is 71.9 Å². The topological polar surface area (TPSA) is 76.5 Å². The van der Waals surface area contributed by atoms with Crippen LogP contribution in [0.2, 0.25) is 0 Å². The number of carbonyl (C=O) groups is 1. The molecule has 6 nitrogen and oxygen atoms in total. The van der Waals surface area contributed by atoms with Crippen molar-refractivity contribution < 1.29 is 4.79 Å². The molecule has 1 saturated carbocycles.